The van der Waals surface area contributed by atoms with E-state index < -0.39 is 11.9 Å². The summed E-state index contributed by atoms with van der Waals surface area (Å²) in [5, 5.41) is 10.5. The van der Waals surface area contributed by atoms with Crippen LogP contribution in [0.1, 0.15) is 56.1 Å². The number of benzene rings is 2. The SMILES string of the molecule is CCCCN(CCCCN)C(=O)CN1C[C@H](c2ccc3c(c2)OCO3)C(C(=O)O)[C@@H]1CCc1ccccc1OC. The van der Waals surface area contributed by atoms with Crippen molar-refractivity contribution in [3.05, 3.63) is 53.6 Å². The molecule has 0 radical (unpaired) electrons. The lowest BCUT2D eigenvalue weighted by atomic mass is 9.83. The van der Waals surface area contributed by atoms with Crippen molar-refractivity contribution in [2.45, 2.75) is 57.4 Å². The summed E-state index contributed by atoms with van der Waals surface area (Å²) in [5.41, 5.74) is 7.61. The van der Waals surface area contributed by atoms with E-state index >= 15 is 0 Å². The zero-order valence-corrected chi connectivity index (χ0v) is 23.7. The molecule has 2 aliphatic rings. The number of carbonyl (C=O) groups excluding carboxylic acids is 1. The van der Waals surface area contributed by atoms with Gasteiger partial charge in [-0.3, -0.25) is 14.5 Å². The first-order valence-corrected chi connectivity index (χ1v) is 14.4. The minimum Gasteiger partial charge on any atom is -0.496 e. The number of unbranched alkanes of at least 4 members (excludes halogenated alkanes) is 2. The fourth-order valence-corrected chi connectivity index (χ4v) is 5.98. The normalized spacial score (nSPS) is 20.0. The van der Waals surface area contributed by atoms with E-state index in [0.717, 1.165) is 42.6 Å². The number of para-hydroxylation sites is 1. The molecule has 1 amide bonds. The van der Waals surface area contributed by atoms with Gasteiger partial charge in [0.25, 0.3) is 0 Å². The van der Waals surface area contributed by atoms with E-state index in [0.29, 0.717) is 50.5 Å². The predicted octanol–water partition coefficient (Wildman–Crippen LogP) is 3.89. The fourth-order valence-electron chi connectivity index (χ4n) is 5.98. The Labute approximate surface area is 237 Å². The molecule has 2 heterocycles. The highest BCUT2D eigenvalue weighted by atomic mass is 16.7. The van der Waals surface area contributed by atoms with Crippen LogP contribution in [0.3, 0.4) is 0 Å². The number of likely N-dealkylation sites (tertiary alicyclic amines) is 1. The van der Waals surface area contributed by atoms with E-state index in [1.54, 1.807) is 7.11 Å². The van der Waals surface area contributed by atoms with Crippen LogP contribution in [0.25, 0.3) is 0 Å². The Bertz CT molecular complexity index is 1140. The van der Waals surface area contributed by atoms with E-state index in [9.17, 15) is 14.7 Å². The van der Waals surface area contributed by atoms with Gasteiger partial charge in [-0.1, -0.05) is 37.6 Å². The van der Waals surface area contributed by atoms with Crippen molar-refractivity contribution in [1.82, 2.24) is 9.80 Å². The maximum Gasteiger partial charge on any atom is 0.308 e. The van der Waals surface area contributed by atoms with Gasteiger partial charge >= 0.3 is 5.97 Å². The first-order valence-electron chi connectivity index (χ1n) is 14.4. The summed E-state index contributed by atoms with van der Waals surface area (Å²) in [6.07, 6.45) is 4.90. The molecule has 2 aliphatic heterocycles. The van der Waals surface area contributed by atoms with Gasteiger partial charge in [-0.05, 0) is 68.0 Å². The number of rotatable bonds is 15. The summed E-state index contributed by atoms with van der Waals surface area (Å²) in [6.45, 7) is 4.91. The van der Waals surface area contributed by atoms with Crippen LogP contribution in [0.2, 0.25) is 0 Å². The average Bonchev–Trinajstić information content (AvgIpc) is 3.58. The van der Waals surface area contributed by atoms with Crippen molar-refractivity contribution in [2.75, 3.05) is 46.6 Å². The molecule has 1 unspecified atom stereocenters. The van der Waals surface area contributed by atoms with Crippen LogP contribution in [-0.2, 0) is 16.0 Å². The number of nitrogens with zero attached hydrogens (tertiary/aromatic N) is 2. The summed E-state index contributed by atoms with van der Waals surface area (Å²) in [6, 6.07) is 13.2. The largest absolute Gasteiger partial charge is 0.496 e. The molecular formula is C31H43N3O6. The number of carboxylic acids is 1. The molecule has 0 bridgehead atoms. The second kappa shape index (κ2) is 14.4. The number of aliphatic carboxylic acids is 1. The van der Waals surface area contributed by atoms with Crippen LogP contribution in [0.15, 0.2) is 42.5 Å². The van der Waals surface area contributed by atoms with Gasteiger partial charge in [-0.25, -0.2) is 0 Å². The predicted molar refractivity (Wildman–Crippen MR) is 153 cm³/mol. The van der Waals surface area contributed by atoms with Gasteiger partial charge in [-0.15, -0.1) is 0 Å². The van der Waals surface area contributed by atoms with Crippen molar-refractivity contribution in [1.29, 1.82) is 0 Å². The number of hydrogen-bond donors (Lipinski definition) is 2. The monoisotopic (exact) mass is 553 g/mol. The average molecular weight is 554 g/mol. The highest BCUT2D eigenvalue weighted by molar-refractivity contribution is 5.79. The molecule has 9 nitrogen and oxygen atoms in total. The number of ether oxygens (including phenoxy) is 3. The Hall–Kier alpha value is -3.30. The van der Waals surface area contributed by atoms with Gasteiger partial charge in [0.2, 0.25) is 12.7 Å². The third kappa shape index (κ3) is 7.06. The Morgan fingerprint density at radius 1 is 1.10 bits per heavy atom. The topological polar surface area (TPSA) is 115 Å². The third-order valence-corrected chi connectivity index (χ3v) is 8.11. The summed E-state index contributed by atoms with van der Waals surface area (Å²) in [5.74, 6) is 0.308. The maximum atomic E-state index is 13.6. The summed E-state index contributed by atoms with van der Waals surface area (Å²) < 4.78 is 16.6. The van der Waals surface area contributed by atoms with Crippen molar-refractivity contribution < 1.29 is 28.9 Å². The highest BCUT2D eigenvalue weighted by Crippen LogP contribution is 2.43. The molecule has 3 N–H and O–H groups in total. The van der Waals surface area contributed by atoms with E-state index in [4.69, 9.17) is 19.9 Å². The number of carboxylic acid groups (broad SMARTS) is 1. The Morgan fingerprint density at radius 2 is 1.88 bits per heavy atom. The number of aryl methyl sites for hydroxylation is 1. The van der Waals surface area contributed by atoms with Gasteiger partial charge in [0, 0.05) is 31.6 Å². The summed E-state index contributed by atoms with van der Waals surface area (Å²) in [4.78, 5) is 30.5. The van der Waals surface area contributed by atoms with Gasteiger partial charge in [0.1, 0.15) is 5.75 Å². The van der Waals surface area contributed by atoms with E-state index in [2.05, 4.69) is 11.8 Å². The fraction of sp³-hybridized carbons (Fsp3) is 0.548. The number of nitrogens with two attached hydrogens (primary N) is 1. The second-order valence-corrected chi connectivity index (χ2v) is 10.7. The number of carbonyl (C=O) groups is 2. The molecule has 2 aromatic carbocycles. The molecule has 9 heteroatoms. The minimum absolute atomic E-state index is 0.0447. The van der Waals surface area contributed by atoms with Crippen molar-refractivity contribution >= 4 is 11.9 Å². The van der Waals surface area contributed by atoms with Crippen LogP contribution in [0.4, 0.5) is 0 Å². The molecule has 2 aromatic rings. The third-order valence-electron chi connectivity index (χ3n) is 8.11. The van der Waals surface area contributed by atoms with Gasteiger partial charge in [0.05, 0.1) is 19.6 Å². The van der Waals surface area contributed by atoms with E-state index in [1.165, 1.54) is 0 Å². The van der Waals surface area contributed by atoms with Crippen molar-refractivity contribution in [3.8, 4) is 17.2 Å². The second-order valence-electron chi connectivity index (χ2n) is 10.7. The van der Waals surface area contributed by atoms with Crippen LogP contribution >= 0.6 is 0 Å². The summed E-state index contributed by atoms with van der Waals surface area (Å²) in [7, 11) is 1.64. The maximum absolute atomic E-state index is 13.6. The molecule has 3 atom stereocenters. The van der Waals surface area contributed by atoms with Crippen molar-refractivity contribution in [3.63, 3.8) is 0 Å². The van der Waals surface area contributed by atoms with Crippen molar-refractivity contribution in [2.24, 2.45) is 11.7 Å². The number of hydrogen-bond acceptors (Lipinski definition) is 7. The van der Waals surface area contributed by atoms with Crippen LogP contribution < -0.4 is 19.9 Å². The first-order chi connectivity index (χ1) is 19.5. The van der Waals surface area contributed by atoms with Crippen LogP contribution in [0, 0.1) is 5.92 Å². The minimum atomic E-state index is -0.853. The number of amides is 1. The Morgan fingerprint density at radius 3 is 2.62 bits per heavy atom. The molecule has 1 fully saturated rings. The zero-order valence-electron chi connectivity index (χ0n) is 23.7. The quantitative estimate of drug-likeness (QED) is 0.319. The van der Waals surface area contributed by atoms with Gasteiger partial charge < -0.3 is 30.0 Å². The smallest absolute Gasteiger partial charge is 0.308 e. The van der Waals surface area contributed by atoms with Gasteiger partial charge in [-0.2, -0.15) is 0 Å². The Kier molecular flexibility index (Phi) is 10.7. The summed E-state index contributed by atoms with van der Waals surface area (Å²) >= 11 is 0. The van der Waals surface area contributed by atoms with Crippen LogP contribution in [0.5, 0.6) is 17.2 Å². The molecule has 0 aliphatic carbocycles. The molecule has 4 rings (SSSR count). The Balaban J connectivity index is 1.60. The molecule has 40 heavy (non-hydrogen) atoms. The van der Waals surface area contributed by atoms with Gasteiger partial charge in [0.15, 0.2) is 11.5 Å². The standard InChI is InChI=1S/C31H43N3O6/c1-3-4-16-33(17-8-7-15-32)29(35)20-34-19-24(23-12-14-27-28(18-23)40-21-39-27)30(31(36)37)25(34)13-11-22-9-5-6-10-26(22)38-2/h5-6,9-10,12,14,18,24-25,30H,3-4,7-8,11,13,15-17,19-21,32H2,1-2H3,(H,36,37)/t24-,25+,30?/m1/s1. The molecule has 0 spiro atoms. The zero-order chi connectivity index (χ0) is 28.5. The molecule has 1 saturated heterocycles. The van der Waals surface area contributed by atoms with E-state index in [-0.39, 0.29) is 31.2 Å². The van der Waals surface area contributed by atoms with Crippen LogP contribution in [-0.4, -0.2) is 79.5 Å². The molecule has 218 valence electrons. The van der Waals surface area contributed by atoms with E-state index in [1.807, 2.05) is 47.4 Å². The molecule has 0 saturated carbocycles. The lowest BCUT2D eigenvalue weighted by Crippen LogP contribution is -2.45. The number of fused-ring (bicyclic) bond motifs is 1. The highest BCUT2D eigenvalue weighted by Gasteiger charge is 2.47. The first kappa shape index (κ1) is 29.7. The number of methoxy groups -OCH3 is 1. The molecular weight excluding hydrogens is 510 g/mol. The lowest BCUT2D eigenvalue weighted by Gasteiger charge is -2.30. The lowest BCUT2D eigenvalue weighted by molar-refractivity contribution is -0.143. The molecule has 0 aromatic heterocycles.